The largest absolute Gasteiger partial charge is 0.493 e. The van der Waals surface area contributed by atoms with Gasteiger partial charge in [-0.1, -0.05) is 18.5 Å². The number of likely N-dealkylation sites (N-methyl/N-ethyl adjacent to an activating group) is 1. The molecule has 0 saturated heterocycles. The highest BCUT2D eigenvalue weighted by Crippen LogP contribution is 2.35. The predicted octanol–water partition coefficient (Wildman–Crippen LogP) is 2.90. The number of aromatic nitrogens is 2. The number of hydrogen-bond acceptors (Lipinski definition) is 3. The molecule has 3 rings (SSSR count). The van der Waals surface area contributed by atoms with Crippen LogP contribution in [-0.2, 0) is 19.9 Å². The minimum atomic E-state index is 0.203. The molecule has 1 aromatic carbocycles. The van der Waals surface area contributed by atoms with Crippen LogP contribution in [-0.4, -0.2) is 22.7 Å². The third-order valence-corrected chi connectivity index (χ3v) is 4.13. The topological polar surface area (TPSA) is 39.1 Å². The standard InChI is InChI=1S/C16H20ClN3O/c1-3-19-14(15-9-18-10-20(15)2)8-12-7-13(17)6-11-4-5-21-16(11)12/h6-7,9-10,14,19H,3-5,8H2,1-2H3. The van der Waals surface area contributed by atoms with Gasteiger partial charge in [-0.25, -0.2) is 4.98 Å². The molecule has 1 aliphatic heterocycles. The molecule has 0 bridgehead atoms. The highest BCUT2D eigenvalue weighted by molar-refractivity contribution is 6.30. The van der Waals surface area contributed by atoms with Crippen LogP contribution in [0.4, 0.5) is 0 Å². The molecule has 2 heterocycles. The zero-order chi connectivity index (χ0) is 14.8. The van der Waals surface area contributed by atoms with Gasteiger partial charge in [-0.05, 0) is 36.2 Å². The molecule has 1 N–H and O–H groups in total. The second-order valence-electron chi connectivity index (χ2n) is 5.40. The number of aryl methyl sites for hydroxylation is 1. The van der Waals surface area contributed by atoms with Gasteiger partial charge in [-0.2, -0.15) is 0 Å². The fraction of sp³-hybridized carbons (Fsp3) is 0.438. The third-order valence-electron chi connectivity index (χ3n) is 3.91. The van der Waals surface area contributed by atoms with E-state index in [1.165, 1.54) is 16.8 Å². The Balaban J connectivity index is 1.92. The Labute approximate surface area is 130 Å². The number of nitrogens with zero attached hydrogens (tertiary/aromatic N) is 2. The van der Waals surface area contributed by atoms with Crippen LogP contribution in [0.25, 0.3) is 0 Å². The van der Waals surface area contributed by atoms with E-state index in [1.807, 2.05) is 31.7 Å². The van der Waals surface area contributed by atoms with E-state index in [2.05, 4.69) is 21.8 Å². The Morgan fingerprint density at radius 1 is 1.48 bits per heavy atom. The molecule has 112 valence electrons. The molecule has 21 heavy (non-hydrogen) atoms. The monoisotopic (exact) mass is 305 g/mol. The van der Waals surface area contributed by atoms with Crippen LogP contribution < -0.4 is 10.1 Å². The van der Waals surface area contributed by atoms with Gasteiger partial charge in [0.15, 0.2) is 0 Å². The van der Waals surface area contributed by atoms with Crippen LogP contribution in [0.2, 0.25) is 5.02 Å². The fourth-order valence-corrected chi connectivity index (χ4v) is 3.21. The number of rotatable bonds is 5. The number of fused-ring (bicyclic) bond motifs is 1. The summed E-state index contributed by atoms with van der Waals surface area (Å²) in [7, 11) is 2.02. The quantitative estimate of drug-likeness (QED) is 0.923. The minimum Gasteiger partial charge on any atom is -0.493 e. The van der Waals surface area contributed by atoms with Crippen LogP contribution in [0, 0.1) is 0 Å². The summed E-state index contributed by atoms with van der Waals surface area (Å²) in [4.78, 5) is 4.22. The Bertz CT molecular complexity index is 638. The summed E-state index contributed by atoms with van der Waals surface area (Å²) < 4.78 is 7.86. The molecule has 0 radical (unpaired) electrons. The van der Waals surface area contributed by atoms with E-state index in [4.69, 9.17) is 16.3 Å². The van der Waals surface area contributed by atoms with E-state index < -0.39 is 0 Å². The van der Waals surface area contributed by atoms with Crippen molar-refractivity contribution in [3.05, 3.63) is 46.5 Å². The minimum absolute atomic E-state index is 0.203. The van der Waals surface area contributed by atoms with Crippen LogP contribution in [0.5, 0.6) is 5.75 Å². The highest BCUT2D eigenvalue weighted by atomic mass is 35.5. The Hall–Kier alpha value is -1.52. The Morgan fingerprint density at radius 2 is 2.33 bits per heavy atom. The zero-order valence-corrected chi connectivity index (χ0v) is 13.2. The SMILES string of the molecule is CCNC(Cc1cc(Cl)cc2c1OCC2)c1cncn1C. The molecular weight excluding hydrogens is 286 g/mol. The molecular formula is C16H20ClN3O. The van der Waals surface area contributed by atoms with Crippen molar-refractivity contribution >= 4 is 11.6 Å². The maximum absolute atomic E-state index is 6.25. The number of benzene rings is 1. The van der Waals surface area contributed by atoms with Gasteiger partial charge in [0.05, 0.1) is 24.7 Å². The van der Waals surface area contributed by atoms with Crippen molar-refractivity contribution in [3.63, 3.8) is 0 Å². The summed E-state index contributed by atoms with van der Waals surface area (Å²) in [5, 5.41) is 4.31. The van der Waals surface area contributed by atoms with Crippen molar-refractivity contribution in [2.75, 3.05) is 13.2 Å². The summed E-state index contributed by atoms with van der Waals surface area (Å²) in [5.74, 6) is 1.02. The average molecular weight is 306 g/mol. The van der Waals surface area contributed by atoms with Gasteiger partial charge in [0.25, 0.3) is 0 Å². The smallest absolute Gasteiger partial charge is 0.125 e. The molecule has 0 amide bonds. The summed E-state index contributed by atoms with van der Waals surface area (Å²) in [6.45, 7) is 3.77. The molecule has 0 saturated carbocycles. The van der Waals surface area contributed by atoms with E-state index in [1.54, 1.807) is 0 Å². The van der Waals surface area contributed by atoms with Crippen LogP contribution in [0.1, 0.15) is 29.8 Å². The van der Waals surface area contributed by atoms with Crippen LogP contribution >= 0.6 is 11.6 Å². The first-order valence-corrected chi connectivity index (χ1v) is 7.70. The Kier molecular flexibility index (Phi) is 4.17. The van der Waals surface area contributed by atoms with Gasteiger partial charge in [0.2, 0.25) is 0 Å². The van der Waals surface area contributed by atoms with Gasteiger partial charge in [-0.3, -0.25) is 0 Å². The predicted molar refractivity (Wildman–Crippen MR) is 84.0 cm³/mol. The van der Waals surface area contributed by atoms with Gasteiger partial charge in [0, 0.05) is 24.7 Å². The van der Waals surface area contributed by atoms with Gasteiger partial charge in [-0.15, -0.1) is 0 Å². The van der Waals surface area contributed by atoms with E-state index in [0.717, 1.165) is 36.8 Å². The number of ether oxygens (including phenoxy) is 1. The maximum Gasteiger partial charge on any atom is 0.125 e. The fourth-order valence-electron chi connectivity index (χ4n) is 2.95. The molecule has 0 aliphatic carbocycles. The second kappa shape index (κ2) is 6.08. The van der Waals surface area contributed by atoms with E-state index >= 15 is 0 Å². The number of nitrogens with one attached hydrogen (secondary N) is 1. The summed E-state index contributed by atoms with van der Waals surface area (Å²) in [6.07, 6.45) is 5.54. The number of halogens is 1. The first-order chi connectivity index (χ1) is 10.2. The molecule has 1 aromatic heterocycles. The highest BCUT2D eigenvalue weighted by Gasteiger charge is 2.22. The van der Waals surface area contributed by atoms with Crippen molar-refractivity contribution < 1.29 is 4.74 Å². The van der Waals surface area contributed by atoms with Gasteiger partial charge in [0.1, 0.15) is 5.75 Å². The molecule has 4 nitrogen and oxygen atoms in total. The lowest BCUT2D eigenvalue weighted by atomic mass is 10.00. The first-order valence-electron chi connectivity index (χ1n) is 7.32. The molecule has 1 unspecified atom stereocenters. The van der Waals surface area contributed by atoms with Crippen molar-refractivity contribution in [1.82, 2.24) is 14.9 Å². The first kappa shape index (κ1) is 14.4. The second-order valence-corrected chi connectivity index (χ2v) is 5.83. The lowest BCUT2D eigenvalue weighted by Crippen LogP contribution is -2.25. The van der Waals surface area contributed by atoms with Crippen molar-refractivity contribution in [1.29, 1.82) is 0 Å². The van der Waals surface area contributed by atoms with Crippen LogP contribution in [0.3, 0.4) is 0 Å². The van der Waals surface area contributed by atoms with Gasteiger partial charge < -0.3 is 14.6 Å². The third kappa shape index (κ3) is 2.92. The molecule has 0 spiro atoms. The summed E-state index contributed by atoms with van der Waals surface area (Å²) in [6, 6.07) is 4.24. The molecule has 0 fully saturated rings. The number of imidazole rings is 1. The molecule has 1 atom stereocenters. The lowest BCUT2D eigenvalue weighted by molar-refractivity contribution is 0.351. The molecule has 2 aromatic rings. The van der Waals surface area contributed by atoms with Crippen LogP contribution in [0.15, 0.2) is 24.7 Å². The van der Waals surface area contributed by atoms with E-state index in [9.17, 15) is 0 Å². The zero-order valence-electron chi connectivity index (χ0n) is 12.4. The average Bonchev–Trinajstić information content (AvgIpc) is 3.06. The Morgan fingerprint density at radius 3 is 3.05 bits per heavy atom. The van der Waals surface area contributed by atoms with Crippen molar-refractivity contribution in [3.8, 4) is 5.75 Å². The normalized spacial score (nSPS) is 14.8. The van der Waals surface area contributed by atoms with Crippen molar-refractivity contribution in [2.24, 2.45) is 7.05 Å². The summed E-state index contributed by atoms with van der Waals surface area (Å²) >= 11 is 6.25. The molecule has 5 heteroatoms. The molecule has 1 aliphatic rings. The van der Waals surface area contributed by atoms with E-state index in [-0.39, 0.29) is 6.04 Å². The van der Waals surface area contributed by atoms with Crippen molar-refractivity contribution in [2.45, 2.75) is 25.8 Å². The number of hydrogen-bond donors (Lipinski definition) is 1. The van der Waals surface area contributed by atoms with Gasteiger partial charge >= 0.3 is 0 Å². The summed E-state index contributed by atoms with van der Waals surface area (Å²) in [5.41, 5.74) is 3.56. The lowest BCUT2D eigenvalue weighted by Gasteiger charge is -2.20. The van der Waals surface area contributed by atoms with E-state index in [0.29, 0.717) is 0 Å². The maximum atomic E-state index is 6.25.